The Morgan fingerprint density at radius 3 is 2.26 bits per heavy atom. The lowest BCUT2D eigenvalue weighted by Gasteiger charge is -2.26. The summed E-state index contributed by atoms with van der Waals surface area (Å²) in [5, 5.41) is 0. The molecule has 19 heavy (non-hydrogen) atoms. The van der Waals surface area contributed by atoms with E-state index in [2.05, 4.69) is 38.1 Å². The number of carbonyl (C=O) groups excluding carboxylic acids is 1. The van der Waals surface area contributed by atoms with E-state index in [4.69, 9.17) is 5.73 Å². The first kappa shape index (κ1) is 14.1. The highest BCUT2D eigenvalue weighted by molar-refractivity contribution is 5.82. The Hall–Kier alpha value is -1.35. The maximum absolute atomic E-state index is 12.4. The van der Waals surface area contributed by atoms with Crippen LogP contribution in [0.2, 0.25) is 0 Å². The molecule has 0 fully saturated rings. The minimum atomic E-state index is -0.355. The fourth-order valence-electron chi connectivity index (χ4n) is 2.60. The first-order valence-electron chi connectivity index (χ1n) is 7.24. The van der Waals surface area contributed by atoms with Gasteiger partial charge in [-0.05, 0) is 29.9 Å². The van der Waals surface area contributed by atoms with Gasteiger partial charge >= 0.3 is 0 Å². The van der Waals surface area contributed by atoms with Crippen molar-refractivity contribution in [1.82, 2.24) is 4.90 Å². The molecule has 0 aliphatic carbocycles. The maximum atomic E-state index is 12.4. The number of benzene rings is 1. The molecule has 0 aromatic heterocycles. The smallest absolute Gasteiger partial charge is 0.239 e. The number of rotatable bonds is 3. The molecule has 0 saturated heterocycles. The summed E-state index contributed by atoms with van der Waals surface area (Å²) in [5.74, 6) is 0.361. The quantitative estimate of drug-likeness (QED) is 0.903. The van der Waals surface area contributed by atoms with Crippen molar-refractivity contribution in [3.8, 4) is 0 Å². The Bertz CT molecular complexity index is 417. The zero-order chi connectivity index (χ0) is 13.8. The second-order valence-corrected chi connectivity index (χ2v) is 5.51. The van der Waals surface area contributed by atoms with E-state index in [1.807, 2.05) is 4.90 Å². The summed E-state index contributed by atoms with van der Waals surface area (Å²) in [4.78, 5) is 14.3. The largest absolute Gasteiger partial charge is 0.341 e. The van der Waals surface area contributed by atoms with Gasteiger partial charge < -0.3 is 10.6 Å². The Labute approximate surface area is 115 Å². The van der Waals surface area contributed by atoms with Crippen LogP contribution in [0.3, 0.4) is 0 Å². The number of nitrogens with two attached hydrogens (primary N) is 1. The summed E-state index contributed by atoms with van der Waals surface area (Å²) in [7, 11) is 0. The molecule has 2 atom stereocenters. The number of carbonyl (C=O) groups is 1. The second kappa shape index (κ2) is 6.20. The Morgan fingerprint density at radius 2 is 1.79 bits per heavy atom. The van der Waals surface area contributed by atoms with E-state index in [0.29, 0.717) is 0 Å². The van der Waals surface area contributed by atoms with Gasteiger partial charge in [0.1, 0.15) is 0 Å². The van der Waals surface area contributed by atoms with Crippen LogP contribution in [0.4, 0.5) is 0 Å². The molecule has 0 spiro atoms. The summed E-state index contributed by atoms with van der Waals surface area (Å²) < 4.78 is 0. The lowest BCUT2D eigenvalue weighted by atomic mass is 9.99. The predicted octanol–water partition coefficient (Wildman–Crippen LogP) is 1.99. The van der Waals surface area contributed by atoms with Crippen LogP contribution in [0.25, 0.3) is 0 Å². The average molecular weight is 260 g/mol. The number of fused-ring (bicyclic) bond motifs is 1. The topological polar surface area (TPSA) is 46.3 Å². The first-order chi connectivity index (χ1) is 9.13. The van der Waals surface area contributed by atoms with Gasteiger partial charge in [0.25, 0.3) is 0 Å². The second-order valence-electron chi connectivity index (χ2n) is 5.51. The molecule has 3 heteroatoms. The van der Waals surface area contributed by atoms with Gasteiger partial charge in [0.15, 0.2) is 0 Å². The van der Waals surface area contributed by atoms with Gasteiger partial charge in [-0.2, -0.15) is 0 Å². The fourth-order valence-corrected chi connectivity index (χ4v) is 2.60. The lowest BCUT2D eigenvalue weighted by molar-refractivity contribution is -0.133. The van der Waals surface area contributed by atoms with Gasteiger partial charge in [-0.25, -0.2) is 0 Å². The lowest BCUT2D eigenvalue weighted by Crippen LogP contribution is -2.47. The van der Waals surface area contributed by atoms with Gasteiger partial charge in [-0.3, -0.25) is 4.79 Å². The van der Waals surface area contributed by atoms with Crippen molar-refractivity contribution in [2.24, 2.45) is 11.7 Å². The number of nitrogens with zero attached hydrogens (tertiary/aromatic N) is 1. The Kier molecular flexibility index (Phi) is 4.59. The van der Waals surface area contributed by atoms with Gasteiger partial charge in [0.2, 0.25) is 5.91 Å². The minimum Gasteiger partial charge on any atom is -0.341 e. The molecule has 0 saturated carbocycles. The molecular formula is C16H24N2O. The molecule has 1 aliphatic heterocycles. The van der Waals surface area contributed by atoms with Crippen LogP contribution in [-0.2, 0) is 17.6 Å². The highest BCUT2D eigenvalue weighted by atomic mass is 16.2. The highest BCUT2D eigenvalue weighted by Gasteiger charge is 2.26. The van der Waals surface area contributed by atoms with Crippen molar-refractivity contribution in [1.29, 1.82) is 0 Å². The molecule has 1 heterocycles. The van der Waals surface area contributed by atoms with E-state index >= 15 is 0 Å². The van der Waals surface area contributed by atoms with Crippen molar-refractivity contribution in [2.75, 3.05) is 13.1 Å². The summed E-state index contributed by atoms with van der Waals surface area (Å²) >= 11 is 0. The molecule has 104 valence electrons. The molecule has 1 unspecified atom stereocenters. The van der Waals surface area contributed by atoms with Gasteiger partial charge in [-0.1, -0.05) is 44.5 Å². The highest BCUT2D eigenvalue weighted by Crippen LogP contribution is 2.17. The first-order valence-corrected chi connectivity index (χ1v) is 7.24. The molecule has 1 aliphatic rings. The van der Waals surface area contributed by atoms with Crippen molar-refractivity contribution in [3.63, 3.8) is 0 Å². The van der Waals surface area contributed by atoms with Crippen LogP contribution >= 0.6 is 0 Å². The average Bonchev–Trinajstić information content (AvgIpc) is 2.67. The van der Waals surface area contributed by atoms with Crippen LogP contribution in [0.15, 0.2) is 24.3 Å². The molecule has 2 rings (SSSR count). The molecule has 0 bridgehead atoms. The van der Waals surface area contributed by atoms with Crippen LogP contribution in [0.5, 0.6) is 0 Å². The van der Waals surface area contributed by atoms with Crippen LogP contribution in [0.1, 0.15) is 31.4 Å². The molecule has 1 amide bonds. The third kappa shape index (κ3) is 3.16. The fraction of sp³-hybridized carbons (Fsp3) is 0.562. The van der Waals surface area contributed by atoms with Gasteiger partial charge in [0.05, 0.1) is 6.04 Å². The molecule has 2 N–H and O–H groups in total. The standard InChI is InChI=1S/C16H24N2O/c1-3-12(2)15(17)16(19)18-10-8-13-6-4-5-7-14(13)9-11-18/h4-7,12,15H,3,8-11,17H2,1-2H3/t12?,15-/m0/s1. The summed E-state index contributed by atoms with van der Waals surface area (Å²) in [5.41, 5.74) is 8.81. The predicted molar refractivity (Wildman–Crippen MR) is 77.9 cm³/mol. The molecule has 1 aromatic rings. The monoisotopic (exact) mass is 260 g/mol. The minimum absolute atomic E-state index is 0.113. The summed E-state index contributed by atoms with van der Waals surface area (Å²) in [6, 6.07) is 8.12. The van der Waals surface area contributed by atoms with E-state index in [-0.39, 0.29) is 17.9 Å². The SMILES string of the molecule is CCC(C)[C@H](N)C(=O)N1CCc2ccccc2CC1. The van der Waals surface area contributed by atoms with E-state index in [1.165, 1.54) is 11.1 Å². The van der Waals surface area contributed by atoms with Crippen LogP contribution in [-0.4, -0.2) is 29.9 Å². The third-order valence-electron chi connectivity index (χ3n) is 4.27. The van der Waals surface area contributed by atoms with Crippen molar-refractivity contribution >= 4 is 5.91 Å². The maximum Gasteiger partial charge on any atom is 0.239 e. The Morgan fingerprint density at radius 1 is 1.26 bits per heavy atom. The number of hydrogen-bond donors (Lipinski definition) is 1. The van der Waals surface area contributed by atoms with E-state index in [1.54, 1.807) is 0 Å². The van der Waals surface area contributed by atoms with Crippen molar-refractivity contribution in [2.45, 2.75) is 39.2 Å². The number of hydrogen-bond acceptors (Lipinski definition) is 2. The molecule has 1 aromatic carbocycles. The zero-order valence-electron chi connectivity index (χ0n) is 11.9. The normalized spacial score (nSPS) is 18.4. The van der Waals surface area contributed by atoms with Gasteiger partial charge in [0, 0.05) is 13.1 Å². The van der Waals surface area contributed by atoms with Gasteiger partial charge in [-0.15, -0.1) is 0 Å². The van der Waals surface area contributed by atoms with Crippen LogP contribution < -0.4 is 5.73 Å². The van der Waals surface area contributed by atoms with E-state index in [0.717, 1.165) is 32.4 Å². The van der Waals surface area contributed by atoms with Crippen LogP contribution in [0, 0.1) is 5.92 Å². The third-order valence-corrected chi connectivity index (χ3v) is 4.27. The molecular weight excluding hydrogens is 236 g/mol. The molecule has 0 radical (unpaired) electrons. The molecule has 3 nitrogen and oxygen atoms in total. The summed E-state index contributed by atoms with van der Waals surface area (Å²) in [6.07, 6.45) is 2.82. The van der Waals surface area contributed by atoms with E-state index in [9.17, 15) is 4.79 Å². The Balaban J connectivity index is 2.03. The van der Waals surface area contributed by atoms with Crippen molar-refractivity contribution in [3.05, 3.63) is 35.4 Å². The van der Waals surface area contributed by atoms with E-state index < -0.39 is 0 Å². The summed E-state index contributed by atoms with van der Waals surface area (Å²) in [6.45, 7) is 5.71. The van der Waals surface area contributed by atoms with Crippen molar-refractivity contribution < 1.29 is 4.79 Å². The zero-order valence-corrected chi connectivity index (χ0v) is 11.9. The number of amides is 1.